The Morgan fingerprint density at radius 1 is 1.19 bits per heavy atom. The van der Waals surface area contributed by atoms with Crippen molar-refractivity contribution in [3.63, 3.8) is 0 Å². The molecule has 7 heteroatoms. The smallest absolute Gasteiger partial charge is 0.216 e. The molecule has 0 spiro atoms. The molecular weight excluding hydrogens is 348 g/mol. The Labute approximate surface area is 157 Å². The molecule has 1 heterocycles. The van der Waals surface area contributed by atoms with Gasteiger partial charge in [0.15, 0.2) is 11.5 Å². The molecule has 0 bridgehead atoms. The monoisotopic (exact) mass is 368 g/mol. The minimum Gasteiger partial charge on any atom is -0.493 e. The van der Waals surface area contributed by atoms with E-state index in [2.05, 4.69) is 34.4 Å². The molecule has 0 fully saturated rings. The first-order chi connectivity index (χ1) is 12.6. The van der Waals surface area contributed by atoms with Gasteiger partial charge in [0.1, 0.15) is 12.4 Å². The topological polar surface area (TPSA) is 64.4 Å². The molecule has 134 valence electrons. The van der Waals surface area contributed by atoms with E-state index < -0.39 is 0 Å². The minimum absolute atomic E-state index is 0.448. The number of hydrogen-bond acceptors (Lipinski definition) is 5. The van der Waals surface area contributed by atoms with Gasteiger partial charge in [0.05, 0.1) is 13.3 Å². The van der Waals surface area contributed by atoms with Crippen LogP contribution < -0.4 is 9.47 Å². The molecule has 1 N–H and O–H groups in total. The molecule has 0 aliphatic carbocycles. The summed E-state index contributed by atoms with van der Waals surface area (Å²) in [6.07, 6.45) is 1.70. The zero-order chi connectivity index (χ0) is 18.5. The number of hydrogen-bond donors (Lipinski definition) is 1. The van der Waals surface area contributed by atoms with Crippen LogP contribution in [0.4, 0.5) is 0 Å². The van der Waals surface area contributed by atoms with E-state index in [0.717, 1.165) is 11.1 Å². The number of aromatic nitrogens is 3. The molecule has 3 aromatic rings. The number of aryl methyl sites for hydroxylation is 2. The lowest BCUT2D eigenvalue weighted by Crippen LogP contribution is -1.99. The fourth-order valence-electron chi connectivity index (χ4n) is 2.48. The molecular formula is C19H20N4O2S. The van der Waals surface area contributed by atoms with Crippen molar-refractivity contribution in [3.8, 4) is 11.5 Å². The summed E-state index contributed by atoms with van der Waals surface area (Å²) < 4.78 is 13.4. The Bertz CT molecular complexity index is 991. The molecule has 0 radical (unpaired) electrons. The minimum atomic E-state index is 0.448. The number of nitrogens with one attached hydrogen (secondary N) is 1. The molecule has 0 aliphatic rings. The Morgan fingerprint density at radius 2 is 2.04 bits per heavy atom. The fourth-order valence-corrected chi connectivity index (χ4v) is 2.70. The van der Waals surface area contributed by atoms with Crippen molar-refractivity contribution < 1.29 is 9.47 Å². The van der Waals surface area contributed by atoms with E-state index in [1.807, 2.05) is 37.3 Å². The number of methoxy groups -OCH3 is 1. The Kier molecular flexibility index (Phi) is 5.48. The Morgan fingerprint density at radius 3 is 2.73 bits per heavy atom. The van der Waals surface area contributed by atoms with Crippen LogP contribution in [0.25, 0.3) is 0 Å². The highest BCUT2D eigenvalue weighted by Crippen LogP contribution is 2.28. The molecule has 0 saturated carbocycles. The van der Waals surface area contributed by atoms with Crippen LogP contribution >= 0.6 is 12.2 Å². The average Bonchev–Trinajstić information content (AvgIpc) is 2.96. The van der Waals surface area contributed by atoms with Gasteiger partial charge in [-0.05, 0) is 55.4 Å². The number of benzene rings is 2. The van der Waals surface area contributed by atoms with Crippen molar-refractivity contribution >= 4 is 18.4 Å². The highest BCUT2D eigenvalue weighted by atomic mass is 32.1. The van der Waals surface area contributed by atoms with E-state index >= 15 is 0 Å². The maximum absolute atomic E-state index is 5.91. The van der Waals surface area contributed by atoms with E-state index in [0.29, 0.717) is 28.7 Å². The lowest BCUT2D eigenvalue weighted by molar-refractivity contribution is 0.284. The van der Waals surface area contributed by atoms with Gasteiger partial charge in [0.2, 0.25) is 4.77 Å². The zero-order valence-electron chi connectivity index (χ0n) is 14.9. The molecule has 0 aliphatic heterocycles. The number of aromatic amines is 1. The molecule has 26 heavy (non-hydrogen) atoms. The van der Waals surface area contributed by atoms with Gasteiger partial charge in [-0.2, -0.15) is 14.9 Å². The molecule has 0 atom stereocenters. The summed E-state index contributed by atoms with van der Waals surface area (Å²) in [6.45, 7) is 4.37. The molecule has 6 nitrogen and oxygen atoms in total. The first-order valence-corrected chi connectivity index (χ1v) is 8.52. The zero-order valence-corrected chi connectivity index (χ0v) is 15.7. The van der Waals surface area contributed by atoms with Gasteiger partial charge in [0.25, 0.3) is 0 Å². The second-order valence-electron chi connectivity index (χ2n) is 5.82. The third-order valence-electron chi connectivity index (χ3n) is 3.80. The van der Waals surface area contributed by atoms with E-state index in [4.69, 9.17) is 21.7 Å². The normalized spacial score (nSPS) is 11.0. The highest BCUT2D eigenvalue weighted by Gasteiger charge is 2.06. The largest absolute Gasteiger partial charge is 0.493 e. The molecule has 0 unspecified atom stereocenters. The van der Waals surface area contributed by atoms with E-state index in [1.165, 1.54) is 5.56 Å². The predicted octanol–water partition coefficient (Wildman–Crippen LogP) is 4.03. The van der Waals surface area contributed by atoms with Crippen LogP contribution in [-0.4, -0.2) is 28.2 Å². The Balaban J connectivity index is 1.76. The predicted molar refractivity (Wildman–Crippen MR) is 104 cm³/mol. The van der Waals surface area contributed by atoms with E-state index in [1.54, 1.807) is 18.0 Å². The van der Waals surface area contributed by atoms with Gasteiger partial charge in [-0.15, -0.1) is 0 Å². The summed E-state index contributed by atoms with van der Waals surface area (Å²) in [7, 11) is 1.62. The van der Waals surface area contributed by atoms with Gasteiger partial charge >= 0.3 is 0 Å². The van der Waals surface area contributed by atoms with Crippen LogP contribution in [0.15, 0.2) is 47.6 Å². The van der Waals surface area contributed by atoms with Crippen LogP contribution in [0.1, 0.15) is 22.5 Å². The maximum Gasteiger partial charge on any atom is 0.216 e. The summed E-state index contributed by atoms with van der Waals surface area (Å²) in [5, 5.41) is 11.1. The molecule has 3 rings (SSSR count). The first-order valence-electron chi connectivity index (χ1n) is 8.11. The van der Waals surface area contributed by atoms with Crippen molar-refractivity contribution in [2.45, 2.75) is 20.5 Å². The average molecular weight is 368 g/mol. The van der Waals surface area contributed by atoms with Crippen molar-refractivity contribution in [1.29, 1.82) is 0 Å². The van der Waals surface area contributed by atoms with Gasteiger partial charge in [0, 0.05) is 0 Å². The summed E-state index contributed by atoms with van der Waals surface area (Å²) in [6, 6.07) is 13.9. The third kappa shape index (κ3) is 4.18. The van der Waals surface area contributed by atoms with E-state index in [9.17, 15) is 0 Å². The van der Waals surface area contributed by atoms with Gasteiger partial charge in [-0.3, -0.25) is 5.10 Å². The van der Waals surface area contributed by atoms with Crippen LogP contribution in [0.3, 0.4) is 0 Å². The van der Waals surface area contributed by atoms with Crippen molar-refractivity contribution in [2.24, 2.45) is 5.10 Å². The summed E-state index contributed by atoms with van der Waals surface area (Å²) in [5.41, 5.74) is 3.19. The SMILES string of the molecule is COc1cc(/C=N/n2c(C)n[nH]c2=S)ccc1OCc1cccc(C)c1. The first kappa shape index (κ1) is 17.9. The second-order valence-corrected chi connectivity index (χ2v) is 6.21. The lowest BCUT2D eigenvalue weighted by atomic mass is 10.1. The van der Waals surface area contributed by atoms with Gasteiger partial charge in [-0.1, -0.05) is 29.8 Å². The molecule has 1 aromatic heterocycles. The lowest BCUT2D eigenvalue weighted by Gasteiger charge is -2.11. The molecule has 0 saturated heterocycles. The number of rotatable bonds is 6. The number of H-pyrrole nitrogens is 1. The standard InChI is InChI=1S/C19H20N4O2S/c1-13-5-4-6-16(9-13)12-25-17-8-7-15(10-18(17)24-3)11-20-23-14(2)21-22-19(23)26/h4-11H,12H2,1-3H3,(H,22,26)/b20-11+. The summed E-state index contributed by atoms with van der Waals surface area (Å²) >= 11 is 5.13. The van der Waals surface area contributed by atoms with Crippen molar-refractivity contribution in [2.75, 3.05) is 7.11 Å². The third-order valence-corrected chi connectivity index (χ3v) is 4.06. The summed E-state index contributed by atoms with van der Waals surface area (Å²) in [4.78, 5) is 0. The van der Waals surface area contributed by atoms with Crippen molar-refractivity contribution in [3.05, 3.63) is 69.8 Å². The number of ether oxygens (including phenoxy) is 2. The fraction of sp³-hybridized carbons (Fsp3) is 0.211. The molecule has 0 amide bonds. The highest BCUT2D eigenvalue weighted by molar-refractivity contribution is 7.71. The van der Waals surface area contributed by atoms with Crippen LogP contribution in [-0.2, 0) is 6.61 Å². The van der Waals surface area contributed by atoms with E-state index in [-0.39, 0.29) is 0 Å². The Hall–Kier alpha value is -2.93. The number of nitrogens with zero attached hydrogens (tertiary/aromatic N) is 3. The van der Waals surface area contributed by atoms with Crippen molar-refractivity contribution in [1.82, 2.24) is 14.9 Å². The summed E-state index contributed by atoms with van der Waals surface area (Å²) in [5.74, 6) is 2.02. The van der Waals surface area contributed by atoms with Crippen LogP contribution in [0, 0.1) is 18.6 Å². The maximum atomic E-state index is 5.91. The molecule has 2 aromatic carbocycles. The quantitative estimate of drug-likeness (QED) is 0.527. The van der Waals surface area contributed by atoms with Gasteiger partial charge in [-0.25, -0.2) is 0 Å². The van der Waals surface area contributed by atoms with Crippen LogP contribution in [0.5, 0.6) is 11.5 Å². The van der Waals surface area contributed by atoms with Crippen LogP contribution in [0.2, 0.25) is 0 Å². The van der Waals surface area contributed by atoms with Gasteiger partial charge < -0.3 is 9.47 Å². The second kappa shape index (κ2) is 7.97.